The largest absolute Gasteiger partial charge is 0.368 e. The van der Waals surface area contributed by atoms with Gasteiger partial charge in [-0.25, -0.2) is 13.9 Å². The highest BCUT2D eigenvalue weighted by Gasteiger charge is 2.30. The van der Waals surface area contributed by atoms with Gasteiger partial charge in [0.25, 0.3) is 21.8 Å². The first-order chi connectivity index (χ1) is 17.4. The molecule has 0 bridgehead atoms. The highest BCUT2D eigenvalue weighted by Crippen LogP contribution is 2.28. The molecule has 1 aliphatic heterocycles. The lowest BCUT2D eigenvalue weighted by atomic mass is 10.1. The lowest BCUT2D eigenvalue weighted by molar-refractivity contribution is -0.124. The lowest BCUT2D eigenvalue weighted by Crippen LogP contribution is -2.48. The van der Waals surface area contributed by atoms with Crippen molar-refractivity contribution in [2.45, 2.75) is 10.8 Å². The molecule has 1 fully saturated rings. The zero-order valence-corrected chi connectivity index (χ0v) is 21.0. The van der Waals surface area contributed by atoms with E-state index in [0.29, 0.717) is 31.7 Å². The molecule has 2 heterocycles. The predicted molar refractivity (Wildman–Crippen MR) is 138 cm³/mol. The van der Waals surface area contributed by atoms with E-state index in [-0.39, 0.29) is 16.7 Å². The van der Waals surface area contributed by atoms with Crippen molar-refractivity contribution in [2.24, 2.45) is 0 Å². The van der Waals surface area contributed by atoms with E-state index >= 15 is 0 Å². The summed E-state index contributed by atoms with van der Waals surface area (Å²) in [6.45, 7) is 1.86. The Balaban J connectivity index is 1.37. The Morgan fingerprint density at radius 3 is 2.36 bits per heavy atom. The smallest absolute Gasteiger partial charge is 0.267 e. The van der Waals surface area contributed by atoms with Gasteiger partial charge < -0.3 is 10.2 Å². The summed E-state index contributed by atoms with van der Waals surface area (Å²) >= 11 is 1.16. The number of benzene rings is 2. The quantitative estimate of drug-likeness (QED) is 0.236. The number of hydrogen-bond donors (Lipinski definition) is 3. The maximum Gasteiger partial charge on any atom is 0.267 e. The summed E-state index contributed by atoms with van der Waals surface area (Å²) in [7, 11) is -3.65. The van der Waals surface area contributed by atoms with E-state index < -0.39 is 15.9 Å². The molecule has 2 amide bonds. The molecule has 2 aromatic carbocycles. The first kappa shape index (κ1) is 25.6. The van der Waals surface area contributed by atoms with Gasteiger partial charge in [0.05, 0.1) is 6.54 Å². The van der Waals surface area contributed by atoms with Crippen molar-refractivity contribution >= 4 is 44.9 Å². The van der Waals surface area contributed by atoms with Crippen molar-refractivity contribution in [3.63, 3.8) is 0 Å². The zero-order chi connectivity index (χ0) is 25.5. The van der Waals surface area contributed by atoms with Gasteiger partial charge in [-0.15, -0.1) is 11.3 Å². The number of hydroxylamine groups is 1. The third-order valence-electron chi connectivity index (χ3n) is 5.73. The Morgan fingerprint density at radius 2 is 1.64 bits per heavy atom. The molecule has 0 atom stereocenters. The van der Waals surface area contributed by atoms with Crippen LogP contribution in [0.15, 0.2) is 77.0 Å². The second-order valence-corrected chi connectivity index (χ2v) is 11.4. The highest BCUT2D eigenvalue weighted by atomic mass is 32.2. The minimum Gasteiger partial charge on any atom is -0.368 e. The number of carbonyl (C=O) groups excluding carboxylic acids is 2. The van der Waals surface area contributed by atoms with Crippen molar-refractivity contribution < 1.29 is 23.2 Å². The lowest BCUT2D eigenvalue weighted by Gasteiger charge is -2.35. The van der Waals surface area contributed by atoms with Crippen LogP contribution in [-0.4, -0.2) is 55.9 Å². The highest BCUT2D eigenvalue weighted by molar-refractivity contribution is 7.91. The van der Waals surface area contributed by atoms with E-state index in [2.05, 4.69) is 10.2 Å². The van der Waals surface area contributed by atoms with Crippen LogP contribution >= 0.6 is 11.3 Å². The molecule has 0 radical (unpaired) electrons. The molecule has 3 aromatic rings. The fourth-order valence-electron chi connectivity index (χ4n) is 3.87. The van der Waals surface area contributed by atoms with Gasteiger partial charge in [-0.3, -0.25) is 14.8 Å². The van der Waals surface area contributed by atoms with Crippen LogP contribution in [0.1, 0.15) is 20.8 Å². The molecule has 188 valence electrons. The Labute approximate surface area is 213 Å². The standard InChI is InChI=1S/C25H26N4O5S2/c30-23(27-32)12-10-19-6-4-5-9-22(19)28-14-16-29(17-15-28)36(33,34)24-13-11-21(35-24)18-26-25(31)20-7-2-1-3-8-20/h1-13,32H,14-18H2,(H,26,31)(H,27,30)/b12-10+. The SMILES string of the molecule is O=C(/C=C/c1ccccc1N1CCN(S(=O)(=O)c2ccc(CNC(=O)c3ccccc3)s2)CC1)NO. The van der Waals surface area contributed by atoms with Gasteiger partial charge in [-0.1, -0.05) is 36.4 Å². The molecule has 0 unspecified atom stereocenters. The topological polar surface area (TPSA) is 119 Å². The van der Waals surface area contributed by atoms with Gasteiger partial charge in [0.15, 0.2) is 0 Å². The number of rotatable bonds is 8. The summed E-state index contributed by atoms with van der Waals surface area (Å²) in [6.07, 6.45) is 2.84. The number of nitrogens with one attached hydrogen (secondary N) is 2. The molecule has 0 aliphatic carbocycles. The first-order valence-corrected chi connectivity index (χ1v) is 13.5. The monoisotopic (exact) mass is 526 g/mol. The predicted octanol–water partition coefficient (Wildman–Crippen LogP) is 2.71. The Bertz CT molecular complexity index is 1350. The van der Waals surface area contributed by atoms with Crippen molar-refractivity contribution in [3.8, 4) is 0 Å². The molecule has 11 heteroatoms. The van der Waals surface area contributed by atoms with Crippen LogP contribution in [0.2, 0.25) is 0 Å². The van der Waals surface area contributed by atoms with E-state index in [1.54, 1.807) is 48.0 Å². The van der Waals surface area contributed by atoms with Gasteiger partial charge >= 0.3 is 0 Å². The molecule has 36 heavy (non-hydrogen) atoms. The van der Waals surface area contributed by atoms with E-state index in [1.807, 2.05) is 30.3 Å². The number of amides is 2. The normalized spacial score (nSPS) is 14.6. The minimum absolute atomic E-state index is 0.211. The number of para-hydroxylation sites is 1. The number of anilines is 1. The average Bonchev–Trinajstić information content (AvgIpc) is 3.41. The van der Waals surface area contributed by atoms with E-state index in [0.717, 1.165) is 27.5 Å². The Hall–Kier alpha value is -3.51. The molecular weight excluding hydrogens is 500 g/mol. The van der Waals surface area contributed by atoms with Gasteiger partial charge in [0.2, 0.25) is 0 Å². The van der Waals surface area contributed by atoms with Crippen molar-refractivity contribution in [1.29, 1.82) is 0 Å². The number of nitrogens with zero attached hydrogens (tertiary/aromatic N) is 2. The van der Waals surface area contributed by atoms with Gasteiger partial charge in [-0.05, 0) is 42.0 Å². The number of hydrogen-bond acceptors (Lipinski definition) is 7. The maximum atomic E-state index is 13.2. The summed E-state index contributed by atoms with van der Waals surface area (Å²) in [5.41, 5.74) is 3.78. The molecule has 3 N–H and O–H groups in total. The summed E-state index contributed by atoms with van der Waals surface area (Å²) < 4.78 is 28.2. The summed E-state index contributed by atoms with van der Waals surface area (Å²) in [4.78, 5) is 26.4. The third kappa shape index (κ3) is 6.00. The van der Waals surface area contributed by atoms with Crippen molar-refractivity contribution in [3.05, 3.63) is 88.8 Å². The second-order valence-electron chi connectivity index (χ2n) is 8.03. The van der Waals surface area contributed by atoms with Gasteiger partial charge in [0, 0.05) is 48.4 Å². The van der Waals surface area contributed by atoms with Crippen LogP contribution in [0.3, 0.4) is 0 Å². The number of thiophene rings is 1. The zero-order valence-electron chi connectivity index (χ0n) is 19.3. The van der Waals surface area contributed by atoms with E-state index in [9.17, 15) is 18.0 Å². The second kappa shape index (κ2) is 11.5. The van der Waals surface area contributed by atoms with E-state index in [1.165, 1.54) is 10.4 Å². The van der Waals surface area contributed by atoms with Crippen molar-refractivity contribution in [2.75, 3.05) is 31.1 Å². The van der Waals surface area contributed by atoms with Gasteiger partial charge in [-0.2, -0.15) is 4.31 Å². The van der Waals surface area contributed by atoms with E-state index in [4.69, 9.17) is 5.21 Å². The number of carbonyl (C=O) groups is 2. The Morgan fingerprint density at radius 1 is 0.944 bits per heavy atom. The average molecular weight is 527 g/mol. The van der Waals surface area contributed by atoms with Crippen LogP contribution in [0, 0.1) is 0 Å². The fourth-order valence-corrected chi connectivity index (χ4v) is 6.74. The molecule has 0 saturated carbocycles. The van der Waals surface area contributed by atoms with Crippen LogP contribution in [-0.2, 0) is 21.4 Å². The summed E-state index contributed by atoms with van der Waals surface area (Å²) in [6, 6.07) is 19.7. The summed E-state index contributed by atoms with van der Waals surface area (Å²) in [5.74, 6) is -0.840. The maximum absolute atomic E-state index is 13.2. The molecule has 1 aliphatic rings. The van der Waals surface area contributed by atoms with Gasteiger partial charge in [0.1, 0.15) is 4.21 Å². The molecule has 1 saturated heterocycles. The first-order valence-electron chi connectivity index (χ1n) is 11.3. The number of sulfonamides is 1. The minimum atomic E-state index is -3.65. The molecule has 1 aromatic heterocycles. The molecule has 4 rings (SSSR count). The third-order valence-corrected chi connectivity index (χ3v) is 9.18. The fraction of sp³-hybridized carbons (Fsp3) is 0.200. The van der Waals surface area contributed by atoms with Crippen LogP contribution in [0.5, 0.6) is 0 Å². The number of piperazine rings is 1. The summed E-state index contributed by atoms with van der Waals surface area (Å²) in [5, 5.41) is 11.5. The molecule has 9 nitrogen and oxygen atoms in total. The Kier molecular flexibility index (Phi) is 8.16. The van der Waals surface area contributed by atoms with Crippen molar-refractivity contribution in [1.82, 2.24) is 15.1 Å². The molecule has 0 spiro atoms. The van der Waals surface area contributed by atoms with Crippen LogP contribution in [0.4, 0.5) is 5.69 Å². The van der Waals surface area contributed by atoms with Crippen LogP contribution < -0.4 is 15.7 Å². The van der Waals surface area contributed by atoms with Crippen LogP contribution in [0.25, 0.3) is 6.08 Å². The molecular formula is C25H26N4O5S2.